The lowest BCUT2D eigenvalue weighted by Crippen LogP contribution is -2.27. The summed E-state index contributed by atoms with van der Waals surface area (Å²) in [7, 11) is -4.17. The van der Waals surface area contributed by atoms with Crippen molar-refractivity contribution in [3.63, 3.8) is 0 Å². The van der Waals surface area contributed by atoms with E-state index in [1.807, 2.05) is 0 Å². The standard InChI is InChI=1S/C13H10FN3O3S2/c1-8-11(12(18)17-5-6-21-13(17)15-8)22(19,20)16-10-4-2-3-9(14)7-10/h2-7,16H,1H3. The van der Waals surface area contributed by atoms with Gasteiger partial charge >= 0.3 is 0 Å². The highest BCUT2D eigenvalue weighted by molar-refractivity contribution is 7.92. The summed E-state index contributed by atoms with van der Waals surface area (Å²) in [5, 5.41) is 1.64. The van der Waals surface area contributed by atoms with Gasteiger partial charge in [-0.3, -0.25) is 13.9 Å². The van der Waals surface area contributed by atoms with Crippen molar-refractivity contribution in [2.24, 2.45) is 0 Å². The van der Waals surface area contributed by atoms with Crippen LogP contribution in [-0.4, -0.2) is 17.8 Å². The molecule has 0 fully saturated rings. The number of rotatable bonds is 3. The number of fused-ring (bicyclic) bond motifs is 1. The van der Waals surface area contributed by atoms with Gasteiger partial charge in [0, 0.05) is 11.6 Å². The molecule has 0 aliphatic rings. The molecular weight excluding hydrogens is 329 g/mol. The van der Waals surface area contributed by atoms with Crippen molar-refractivity contribution in [1.82, 2.24) is 9.38 Å². The van der Waals surface area contributed by atoms with Gasteiger partial charge in [0.1, 0.15) is 5.82 Å². The predicted molar refractivity (Wildman–Crippen MR) is 81.3 cm³/mol. The van der Waals surface area contributed by atoms with Crippen molar-refractivity contribution < 1.29 is 12.8 Å². The molecule has 114 valence electrons. The van der Waals surface area contributed by atoms with Crippen LogP contribution in [0.2, 0.25) is 0 Å². The summed E-state index contributed by atoms with van der Waals surface area (Å²) >= 11 is 1.23. The second-order valence-electron chi connectivity index (χ2n) is 4.50. The van der Waals surface area contributed by atoms with Crippen molar-refractivity contribution in [2.75, 3.05) is 4.72 Å². The van der Waals surface area contributed by atoms with E-state index in [9.17, 15) is 17.6 Å². The highest BCUT2D eigenvalue weighted by Gasteiger charge is 2.24. The summed E-state index contributed by atoms with van der Waals surface area (Å²) in [5.74, 6) is -0.583. The smallest absolute Gasteiger partial charge is 0.279 e. The van der Waals surface area contributed by atoms with Gasteiger partial charge < -0.3 is 0 Å². The molecule has 0 saturated heterocycles. The van der Waals surface area contributed by atoms with Crippen molar-refractivity contribution in [3.05, 3.63) is 57.7 Å². The molecule has 2 aromatic heterocycles. The third-order valence-electron chi connectivity index (χ3n) is 2.94. The van der Waals surface area contributed by atoms with Crippen molar-refractivity contribution in [3.8, 4) is 0 Å². The van der Waals surface area contributed by atoms with Gasteiger partial charge in [0.15, 0.2) is 9.86 Å². The summed E-state index contributed by atoms with van der Waals surface area (Å²) < 4.78 is 41.4. The van der Waals surface area contributed by atoms with Crippen LogP contribution < -0.4 is 10.3 Å². The first-order valence-corrected chi connectivity index (χ1v) is 8.49. The van der Waals surface area contributed by atoms with Gasteiger partial charge in [0.25, 0.3) is 15.6 Å². The second-order valence-corrected chi connectivity index (χ2v) is 7.00. The molecule has 2 heterocycles. The quantitative estimate of drug-likeness (QED) is 0.791. The molecular formula is C13H10FN3O3S2. The van der Waals surface area contributed by atoms with Crippen LogP contribution in [0.4, 0.5) is 10.1 Å². The van der Waals surface area contributed by atoms with Crippen molar-refractivity contribution in [2.45, 2.75) is 11.8 Å². The highest BCUT2D eigenvalue weighted by atomic mass is 32.2. The van der Waals surface area contributed by atoms with Crippen LogP contribution >= 0.6 is 11.3 Å². The average molecular weight is 339 g/mol. The van der Waals surface area contributed by atoms with E-state index in [-0.39, 0.29) is 11.4 Å². The molecule has 3 aromatic rings. The predicted octanol–water partition coefficient (Wildman–Crippen LogP) is 2.00. The first kappa shape index (κ1) is 14.7. The highest BCUT2D eigenvalue weighted by Crippen LogP contribution is 2.18. The normalized spacial score (nSPS) is 11.7. The summed E-state index contributed by atoms with van der Waals surface area (Å²) in [4.78, 5) is 16.4. The molecule has 0 unspecified atom stereocenters. The number of nitrogens with one attached hydrogen (secondary N) is 1. The number of halogens is 1. The zero-order chi connectivity index (χ0) is 15.9. The van der Waals surface area contributed by atoms with Crippen molar-refractivity contribution in [1.29, 1.82) is 0 Å². The zero-order valence-electron chi connectivity index (χ0n) is 11.3. The minimum absolute atomic E-state index is 0.0363. The third-order valence-corrected chi connectivity index (χ3v) is 5.21. The molecule has 0 atom stereocenters. The Bertz CT molecular complexity index is 1020. The fourth-order valence-electron chi connectivity index (χ4n) is 2.03. The van der Waals surface area contributed by atoms with E-state index in [1.165, 1.54) is 42.7 Å². The first-order chi connectivity index (χ1) is 10.4. The summed E-state index contributed by atoms with van der Waals surface area (Å²) in [6, 6.07) is 4.98. The first-order valence-electron chi connectivity index (χ1n) is 6.13. The second kappa shape index (κ2) is 5.18. The maximum absolute atomic E-state index is 13.2. The molecule has 1 aromatic carbocycles. The topological polar surface area (TPSA) is 80.5 Å². The van der Waals surface area contributed by atoms with Gasteiger partial charge in [-0.25, -0.2) is 17.8 Å². The Morgan fingerprint density at radius 2 is 2.14 bits per heavy atom. The van der Waals surface area contributed by atoms with Crippen LogP contribution in [0.5, 0.6) is 0 Å². The molecule has 0 spiro atoms. The minimum atomic E-state index is -4.17. The van der Waals surface area contributed by atoms with Crippen LogP contribution in [0.1, 0.15) is 5.69 Å². The number of benzene rings is 1. The van der Waals surface area contributed by atoms with Gasteiger partial charge in [-0.2, -0.15) is 0 Å². The lowest BCUT2D eigenvalue weighted by atomic mass is 10.3. The van der Waals surface area contributed by atoms with E-state index in [2.05, 4.69) is 9.71 Å². The van der Waals surface area contributed by atoms with Crippen LogP contribution in [0.25, 0.3) is 4.96 Å². The van der Waals surface area contributed by atoms with Crippen LogP contribution in [0.3, 0.4) is 0 Å². The molecule has 3 rings (SSSR count). The number of nitrogens with zero attached hydrogens (tertiary/aromatic N) is 2. The van der Waals surface area contributed by atoms with E-state index >= 15 is 0 Å². The van der Waals surface area contributed by atoms with E-state index in [0.717, 1.165) is 10.5 Å². The summed E-state index contributed by atoms with van der Waals surface area (Å²) in [6.07, 6.45) is 1.45. The fourth-order valence-corrected chi connectivity index (χ4v) is 4.09. The monoisotopic (exact) mass is 339 g/mol. The largest absolute Gasteiger partial charge is 0.279 e. The summed E-state index contributed by atoms with van der Waals surface area (Å²) in [5.41, 5.74) is -0.557. The maximum Gasteiger partial charge on any atom is 0.279 e. The molecule has 0 saturated carbocycles. The molecule has 22 heavy (non-hydrogen) atoms. The number of aromatic nitrogens is 2. The molecule has 0 radical (unpaired) electrons. The molecule has 6 nitrogen and oxygen atoms in total. The summed E-state index contributed by atoms with van der Waals surface area (Å²) in [6.45, 7) is 1.45. The van der Waals surface area contributed by atoms with Crippen LogP contribution in [-0.2, 0) is 10.0 Å². The molecule has 0 amide bonds. The lowest BCUT2D eigenvalue weighted by molar-refractivity contribution is 0.598. The number of anilines is 1. The molecule has 0 aliphatic heterocycles. The Morgan fingerprint density at radius 3 is 2.86 bits per heavy atom. The van der Waals surface area contributed by atoms with Crippen LogP contribution in [0.15, 0.2) is 45.5 Å². The Labute approximate surface area is 128 Å². The zero-order valence-corrected chi connectivity index (χ0v) is 12.9. The van der Waals surface area contributed by atoms with E-state index in [1.54, 1.807) is 5.38 Å². The van der Waals surface area contributed by atoms with E-state index < -0.39 is 26.3 Å². The lowest BCUT2D eigenvalue weighted by Gasteiger charge is -2.09. The van der Waals surface area contributed by atoms with Gasteiger partial charge in [0.2, 0.25) is 0 Å². The number of sulfonamides is 1. The molecule has 9 heteroatoms. The maximum atomic E-state index is 13.2. The number of hydrogen-bond donors (Lipinski definition) is 1. The fraction of sp³-hybridized carbons (Fsp3) is 0.0769. The number of aryl methyl sites for hydroxylation is 1. The Morgan fingerprint density at radius 1 is 1.36 bits per heavy atom. The Balaban J connectivity index is 2.15. The van der Waals surface area contributed by atoms with Gasteiger partial charge in [-0.1, -0.05) is 6.07 Å². The number of thiazole rings is 1. The minimum Gasteiger partial charge on any atom is -0.279 e. The van der Waals surface area contributed by atoms with Gasteiger partial charge in [0.05, 0.1) is 11.4 Å². The Kier molecular flexibility index (Phi) is 3.45. The third kappa shape index (κ3) is 2.48. The molecule has 0 aliphatic carbocycles. The van der Waals surface area contributed by atoms with Crippen molar-refractivity contribution >= 4 is 32.0 Å². The SMILES string of the molecule is Cc1nc2sccn2c(=O)c1S(=O)(=O)Nc1cccc(F)c1. The van der Waals surface area contributed by atoms with Gasteiger partial charge in [-0.05, 0) is 25.1 Å². The number of hydrogen-bond acceptors (Lipinski definition) is 5. The Hall–Kier alpha value is -2.26. The van der Waals surface area contributed by atoms with Gasteiger partial charge in [-0.15, -0.1) is 11.3 Å². The van der Waals surface area contributed by atoms with E-state index in [0.29, 0.717) is 4.96 Å². The average Bonchev–Trinajstić information content (AvgIpc) is 2.86. The molecule has 1 N–H and O–H groups in total. The molecule has 0 bridgehead atoms. The van der Waals surface area contributed by atoms with Crippen LogP contribution in [0, 0.1) is 12.7 Å². The van der Waals surface area contributed by atoms with E-state index in [4.69, 9.17) is 0 Å².